The highest BCUT2D eigenvalue weighted by atomic mass is 16.1. The smallest absolute Gasteiger partial charge is 0.163 e. The largest absolute Gasteiger partial charge is 0.351 e. The van der Waals surface area contributed by atoms with Gasteiger partial charge in [-0.15, -0.1) is 0 Å². The molecule has 0 N–H and O–H groups in total. The molecule has 2 heteroatoms. The predicted octanol–water partition coefficient (Wildman–Crippen LogP) is 3.09. The van der Waals surface area contributed by atoms with Crippen molar-refractivity contribution in [3.63, 3.8) is 0 Å². The van der Waals surface area contributed by atoms with E-state index >= 15 is 0 Å². The monoisotopic (exact) mass is 213 g/mol. The number of Topliss-reactive ketones (excluding diaryl/α,β-unsaturated/α-hetero) is 1. The Balaban J connectivity index is 2.28. The number of hydrogen-bond donors (Lipinski definition) is 0. The van der Waals surface area contributed by atoms with E-state index in [0.717, 1.165) is 24.8 Å². The van der Waals surface area contributed by atoms with Crippen molar-refractivity contribution in [1.82, 2.24) is 4.57 Å². The summed E-state index contributed by atoms with van der Waals surface area (Å²) in [6.45, 7) is 0. The van der Waals surface area contributed by atoms with Crippen molar-refractivity contribution in [2.24, 2.45) is 7.05 Å². The van der Waals surface area contributed by atoms with Crippen molar-refractivity contribution in [3.05, 3.63) is 35.5 Å². The number of benzene rings is 1. The van der Waals surface area contributed by atoms with Crippen molar-refractivity contribution < 1.29 is 4.79 Å². The van der Waals surface area contributed by atoms with Crippen molar-refractivity contribution >= 4 is 16.7 Å². The number of carbonyl (C=O) groups excluding carboxylic acids is 1. The second-order valence-electron chi connectivity index (χ2n) is 4.63. The van der Waals surface area contributed by atoms with Crippen LogP contribution in [0.1, 0.15) is 35.2 Å². The first-order valence-electron chi connectivity index (χ1n) is 5.87. The predicted molar refractivity (Wildman–Crippen MR) is 64.8 cm³/mol. The summed E-state index contributed by atoms with van der Waals surface area (Å²) in [7, 11) is 2.05. The maximum absolute atomic E-state index is 11.9. The second-order valence-corrected chi connectivity index (χ2v) is 4.63. The molecule has 2 nitrogen and oxygen atoms in total. The summed E-state index contributed by atoms with van der Waals surface area (Å²) in [5.41, 5.74) is 3.42. The molecule has 2 aromatic rings. The lowest BCUT2D eigenvalue weighted by atomic mass is 10.00. The molecule has 0 saturated heterocycles. The first kappa shape index (κ1) is 9.64. The van der Waals surface area contributed by atoms with E-state index in [9.17, 15) is 4.79 Å². The van der Waals surface area contributed by atoms with E-state index in [1.165, 1.54) is 16.5 Å². The van der Waals surface area contributed by atoms with E-state index in [0.29, 0.717) is 12.2 Å². The van der Waals surface area contributed by atoms with Gasteiger partial charge in [-0.1, -0.05) is 0 Å². The molecular formula is C14H15NO. The Bertz CT molecular complexity index is 565. The minimum atomic E-state index is 0.318. The molecule has 0 unspecified atom stereocenters. The van der Waals surface area contributed by atoms with Crippen LogP contribution in [0.25, 0.3) is 10.9 Å². The SMILES string of the molecule is Cn1ccc2cc3c(cc21)CCCCC3=O. The van der Waals surface area contributed by atoms with Crippen LogP contribution in [0.3, 0.4) is 0 Å². The van der Waals surface area contributed by atoms with Crippen LogP contribution in [0.15, 0.2) is 24.4 Å². The Morgan fingerprint density at radius 3 is 2.88 bits per heavy atom. The third kappa shape index (κ3) is 1.37. The fourth-order valence-electron chi connectivity index (χ4n) is 2.56. The summed E-state index contributed by atoms with van der Waals surface area (Å²) in [4.78, 5) is 11.9. The van der Waals surface area contributed by atoms with Gasteiger partial charge in [0.25, 0.3) is 0 Å². The molecule has 3 rings (SSSR count). The van der Waals surface area contributed by atoms with Crippen molar-refractivity contribution in [1.29, 1.82) is 0 Å². The molecule has 0 amide bonds. The van der Waals surface area contributed by atoms with Gasteiger partial charge in [0.15, 0.2) is 5.78 Å². The van der Waals surface area contributed by atoms with Gasteiger partial charge in [-0.05, 0) is 43.0 Å². The van der Waals surface area contributed by atoms with Gasteiger partial charge in [0, 0.05) is 36.1 Å². The number of nitrogens with zero attached hydrogens (tertiary/aromatic N) is 1. The lowest BCUT2D eigenvalue weighted by molar-refractivity contribution is 0.0982. The van der Waals surface area contributed by atoms with Crippen LogP contribution in [0.2, 0.25) is 0 Å². The maximum atomic E-state index is 11.9. The fraction of sp³-hybridized carbons (Fsp3) is 0.357. The molecule has 0 radical (unpaired) electrons. The molecule has 82 valence electrons. The van der Waals surface area contributed by atoms with Gasteiger partial charge in [0.05, 0.1) is 0 Å². The Labute approximate surface area is 94.9 Å². The Morgan fingerprint density at radius 2 is 2.00 bits per heavy atom. The molecule has 1 aliphatic rings. The molecule has 16 heavy (non-hydrogen) atoms. The van der Waals surface area contributed by atoms with Crippen LogP contribution >= 0.6 is 0 Å². The van der Waals surface area contributed by atoms with E-state index in [1.807, 2.05) is 7.05 Å². The topological polar surface area (TPSA) is 22.0 Å². The minimum absolute atomic E-state index is 0.318. The Hall–Kier alpha value is -1.57. The van der Waals surface area contributed by atoms with Crippen molar-refractivity contribution in [3.8, 4) is 0 Å². The van der Waals surface area contributed by atoms with Crippen LogP contribution in [0.4, 0.5) is 0 Å². The van der Waals surface area contributed by atoms with Crippen LogP contribution in [-0.4, -0.2) is 10.4 Å². The summed E-state index contributed by atoms with van der Waals surface area (Å²) in [5.74, 6) is 0.318. The number of hydrogen-bond acceptors (Lipinski definition) is 1. The number of aryl methyl sites for hydroxylation is 2. The summed E-state index contributed by atoms with van der Waals surface area (Å²) in [6.07, 6.45) is 5.97. The fourth-order valence-corrected chi connectivity index (χ4v) is 2.56. The maximum Gasteiger partial charge on any atom is 0.163 e. The van der Waals surface area contributed by atoms with Crippen molar-refractivity contribution in [2.45, 2.75) is 25.7 Å². The molecule has 0 spiro atoms. The average Bonchev–Trinajstić information content (AvgIpc) is 2.54. The van der Waals surface area contributed by atoms with E-state index in [2.05, 4.69) is 29.0 Å². The zero-order chi connectivity index (χ0) is 11.1. The van der Waals surface area contributed by atoms with Gasteiger partial charge in [-0.25, -0.2) is 0 Å². The number of fused-ring (bicyclic) bond motifs is 2. The van der Waals surface area contributed by atoms with Crippen LogP contribution < -0.4 is 0 Å². The van der Waals surface area contributed by atoms with Gasteiger partial charge in [0.1, 0.15) is 0 Å². The van der Waals surface area contributed by atoms with E-state index < -0.39 is 0 Å². The first-order valence-corrected chi connectivity index (χ1v) is 5.87. The summed E-state index contributed by atoms with van der Waals surface area (Å²) in [6, 6.07) is 6.33. The van der Waals surface area contributed by atoms with Gasteiger partial charge in [-0.3, -0.25) is 4.79 Å². The molecule has 0 aliphatic heterocycles. The highest BCUT2D eigenvalue weighted by molar-refractivity contribution is 6.01. The Kier molecular flexibility index (Phi) is 2.10. The third-order valence-electron chi connectivity index (χ3n) is 3.51. The quantitative estimate of drug-likeness (QED) is 0.616. The number of carbonyl (C=O) groups is 1. The molecule has 1 aromatic carbocycles. The number of rotatable bonds is 0. The minimum Gasteiger partial charge on any atom is -0.351 e. The molecule has 1 aliphatic carbocycles. The summed E-state index contributed by atoms with van der Waals surface area (Å²) < 4.78 is 2.12. The van der Waals surface area contributed by atoms with Gasteiger partial charge < -0.3 is 4.57 Å². The van der Waals surface area contributed by atoms with Crippen LogP contribution in [-0.2, 0) is 13.5 Å². The lowest BCUT2D eigenvalue weighted by Gasteiger charge is -2.06. The van der Waals surface area contributed by atoms with Crippen LogP contribution in [0, 0.1) is 0 Å². The van der Waals surface area contributed by atoms with Gasteiger partial charge in [-0.2, -0.15) is 0 Å². The molecule has 1 aromatic heterocycles. The molecule has 0 atom stereocenters. The number of aromatic nitrogens is 1. The second kappa shape index (κ2) is 3.48. The zero-order valence-electron chi connectivity index (χ0n) is 9.49. The molecule has 0 saturated carbocycles. The highest BCUT2D eigenvalue weighted by Gasteiger charge is 2.16. The molecule has 0 fully saturated rings. The van der Waals surface area contributed by atoms with E-state index in [1.54, 1.807) is 0 Å². The van der Waals surface area contributed by atoms with Gasteiger partial charge in [0.2, 0.25) is 0 Å². The highest BCUT2D eigenvalue weighted by Crippen LogP contribution is 2.26. The molecule has 1 heterocycles. The first-order chi connectivity index (χ1) is 7.75. The van der Waals surface area contributed by atoms with E-state index in [4.69, 9.17) is 0 Å². The third-order valence-corrected chi connectivity index (χ3v) is 3.51. The molecular weight excluding hydrogens is 198 g/mol. The Morgan fingerprint density at radius 1 is 1.19 bits per heavy atom. The standard InChI is InChI=1S/C14H15NO/c1-15-7-6-11-8-12-10(9-13(11)15)4-2-3-5-14(12)16/h6-9H,2-5H2,1H3. The van der Waals surface area contributed by atoms with E-state index in [-0.39, 0.29) is 0 Å². The summed E-state index contributed by atoms with van der Waals surface area (Å²) in [5, 5.41) is 1.18. The van der Waals surface area contributed by atoms with Crippen molar-refractivity contribution in [2.75, 3.05) is 0 Å². The average molecular weight is 213 g/mol. The lowest BCUT2D eigenvalue weighted by Crippen LogP contribution is -2.00. The van der Waals surface area contributed by atoms with Crippen LogP contribution in [0.5, 0.6) is 0 Å². The summed E-state index contributed by atoms with van der Waals surface area (Å²) >= 11 is 0. The van der Waals surface area contributed by atoms with Gasteiger partial charge >= 0.3 is 0 Å². The number of ketones is 1. The molecule has 0 bridgehead atoms. The normalized spacial score (nSPS) is 16.2. The zero-order valence-corrected chi connectivity index (χ0v) is 9.49.